The molecular weight excluding hydrogens is 224 g/mol. The third-order valence-corrected chi connectivity index (χ3v) is 3.17. The summed E-state index contributed by atoms with van der Waals surface area (Å²) in [6, 6.07) is 12.1. The summed E-state index contributed by atoms with van der Waals surface area (Å²) in [6.07, 6.45) is 0.741. The number of pyridine rings is 1. The lowest BCUT2D eigenvalue weighted by Crippen LogP contribution is -2.18. The van der Waals surface area contributed by atoms with Crippen molar-refractivity contribution in [1.29, 1.82) is 0 Å². The Kier molecular flexibility index (Phi) is 3.51. The lowest BCUT2D eigenvalue weighted by Gasteiger charge is -2.21. The second kappa shape index (κ2) is 5.08. The van der Waals surface area contributed by atoms with Crippen molar-refractivity contribution in [3.05, 3.63) is 58.0 Å². The highest BCUT2D eigenvalue weighted by Gasteiger charge is 2.09. The van der Waals surface area contributed by atoms with Crippen molar-refractivity contribution in [1.82, 2.24) is 4.98 Å². The second-order valence-corrected chi connectivity index (χ2v) is 4.38. The first-order chi connectivity index (χ1) is 8.63. The molecule has 18 heavy (non-hydrogen) atoms. The van der Waals surface area contributed by atoms with Gasteiger partial charge in [0.1, 0.15) is 0 Å². The van der Waals surface area contributed by atoms with E-state index in [0.717, 1.165) is 29.1 Å². The van der Waals surface area contributed by atoms with E-state index in [1.165, 1.54) is 0 Å². The standard InChI is InChI=1S/C15H18N2O/c1-4-12-10-14(11(2)16-15(12)18)17(3)13-8-6-5-7-9-13/h5-10H,4H2,1-3H3,(H,16,18). The zero-order valence-electron chi connectivity index (χ0n) is 11.0. The van der Waals surface area contributed by atoms with E-state index >= 15 is 0 Å². The van der Waals surface area contributed by atoms with E-state index in [4.69, 9.17) is 0 Å². The molecule has 0 aliphatic carbocycles. The van der Waals surface area contributed by atoms with Crippen LogP contribution in [-0.4, -0.2) is 12.0 Å². The van der Waals surface area contributed by atoms with Crippen molar-refractivity contribution in [2.24, 2.45) is 0 Å². The van der Waals surface area contributed by atoms with E-state index in [1.54, 1.807) is 0 Å². The highest BCUT2D eigenvalue weighted by molar-refractivity contribution is 5.64. The van der Waals surface area contributed by atoms with Gasteiger partial charge in [-0.3, -0.25) is 4.79 Å². The number of hydrogen-bond donors (Lipinski definition) is 1. The summed E-state index contributed by atoms with van der Waals surface area (Å²) in [7, 11) is 2.01. The lowest BCUT2D eigenvalue weighted by atomic mass is 10.1. The van der Waals surface area contributed by atoms with Gasteiger partial charge >= 0.3 is 0 Å². The highest BCUT2D eigenvalue weighted by Crippen LogP contribution is 2.25. The summed E-state index contributed by atoms with van der Waals surface area (Å²) in [4.78, 5) is 16.7. The number of anilines is 2. The van der Waals surface area contributed by atoms with E-state index in [-0.39, 0.29) is 5.56 Å². The van der Waals surface area contributed by atoms with Gasteiger partial charge in [0.25, 0.3) is 5.56 Å². The molecule has 0 atom stereocenters. The summed E-state index contributed by atoms with van der Waals surface area (Å²) >= 11 is 0. The Morgan fingerprint density at radius 1 is 1.22 bits per heavy atom. The van der Waals surface area contributed by atoms with Crippen LogP contribution in [0.1, 0.15) is 18.2 Å². The molecular formula is C15H18N2O. The molecule has 0 saturated carbocycles. The zero-order chi connectivity index (χ0) is 13.1. The number of hydrogen-bond acceptors (Lipinski definition) is 2. The first-order valence-electron chi connectivity index (χ1n) is 6.15. The molecule has 2 rings (SSSR count). The minimum Gasteiger partial charge on any atom is -0.343 e. The number of aromatic amines is 1. The lowest BCUT2D eigenvalue weighted by molar-refractivity contribution is 1.01. The van der Waals surface area contributed by atoms with Crippen molar-refractivity contribution >= 4 is 11.4 Å². The molecule has 0 spiro atoms. The second-order valence-electron chi connectivity index (χ2n) is 4.38. The number of benzene rings is 1. The average molecular weight is 242 g/mol. The maximum Gasteiger partial charge on any atom is 0.251 e. The number of nitrogens with one attached hydrogen (secondary N) is 1. The molecule has 0 fully saturated rings. The van der Waals surface area contributed by atoms with Gasteiger partial charge in [0, 0.05) is 24.0 Å². The summed E-state index contributed by atoms with van der Waals surface area (Å²) in [5, 5.41) is 0. The Bertz CT molecular complexity index is 587. The first kappa shape index (κ1) is 12.4. The normalized spacial score (nSPS) is 10.4. The van der Waals surface area contributed by atoms with Gasteiger partial charge in [-0.1, -0.05) is 25.1 Å². The third-order valence-electron chi connectivity index (χ3n) is 3.17. The van der Waals surface area contributed by atoms with Crippen LogP contribution in [0.2, 0.25) is 0 Å². The smallest absolute Gasteiger partial charge is 0.251 e. The molecule has 0 aliphatic heterocycles. The van der Waals surface area contributed by atoms with Crippen LogP contribution in [0.4, 0.5) is 11.4 Å². The summed E-state index contributed by atoms with van der Waals surface area (Å²) < 4.78 is 0. The fourth-order valence-corrected chi connectivity index (χ4v) is 2.06. The maximum absolute atomic E-state index is 11.7. The average Bonchev–Trinajstić information content (AvgIpc) is 2.39. The van der Waals surface area contributed by atoms with Crippen LogP contribution in [0.5, 0.6) is 0 Å². The summed E-state index contributed by atoms with van der Waals surface area (Å²) in [6.45, 7) is 3.92. The van der Waals surface area contributed by atoms with Gasteiger partial charge in [-0.25, -0.2) is 0 Å². The SMILES string of the molecule is CCc1cc(N(C)c2ccccc2)c(C)[nH]c1=O. The molecule has 0 aliphatic rings. The molecule has 0 radical (unpaired) electrons. The van der Waals surface area contributed by atoms with Crippen LogP contribution in [-0.2, 0) is 6.42 Å². The molecule has 1 aromatic heterocycles. The molecule has 2 aromatic rings. The largest absolute Gasteiger partial charge is 0.343 e. The van der Waals surface area contributed by atoms with Gasteiger partial charge < -0.3 is 9.88 Å². The molecule has 1 aromatic carbocycles. The minimum atomic E-state index is 0.0141. The van der Waals surface area contributed by atoms with Crippen LogP contribution in [0, 0.1) is 6.92 Å². The molecule has 0 saturated heterocycles. The Hall–Kier alpha value is -2.03. The molecule has 0 unspecified atom stereocenters. The van der Waals surface area contributed by atoms with Gasteiger partial charge in [0.05, 0.1) is 5.69 Å². The van der Waals surface area contributed by atoms with Crippen LogP contribution >= 0.6 is 0 Å². The summed E-state index contributed by atoms with van der Waals surface area (Å²) in [5.74, 6) is 0. The van der Waals surface area contributed by atoms with E-state index in [2.05, 4.69) is 22.0 Å². The maximum atomic E-state index is 11.7. The monoisotopic (exact) mass is 242 g/mol. The van der Waals surface area contributed by atoms with Crippen molar-refractivity contribution in [3.63, 3.8) is 0 Å². The van der Waals surface area contributed by atoms with Crippen molar-refractivity contribution in [2.75, 3.05) is 11.9 Å². The predicted octanol–water partition coefficient (Wildman–Crippen LogP) is 3.01. The number of aromatic nitrogens is 1. The number of H-pyrrole nitrogens is 1. The molecule has 94 valence electrons. The molecule has 1 heterocycles. The predicted molar refractivity (Wildman–Crippen MR) is 75.7 cm³/mol. The molecule has 0 bridgehead atoms. The van der Waals surface area contributed by atoms with Gasteiger partial charge in [0.2, 0.25) is 0 Å². The quantitative estimate of drug-likeness (QED) is 0.898. The van der Waals surface area contributed by atoms with Crippen LogP contribution in [0.25, 0.3) is 0 Å². The van der Waals surface area contributed by atoms with E-state index in [0.29, 0.717) is 0 Å². The topological polar surface area (TPSA) is 36.1 Å². The molecule has 0 amide bonds. The van der Waals surface area contributed by atoms with Crippen LogP contribution < -0.4 is 10.5 Å². The Labute approximate surface area is 107 Å². The van der Waals surface area contributed by atoms with Crippen LogP contribution in [0.3, 0.4) is 0 Å². The number of para-hydroxylation sites is 1. The third kappa shape index (κ3) is 2.30. The van der Waals surface area contributed by atoms with E-state index in [9.17, 15) is 4.79 Å². The van der Waals surface area contributed by atoms with Crippen molar-refractivity contribution in [3.8, 4) is 0 Å². The van der Waals surface area contributed by atoms with Crippen molar-refractivity contribution in [2.45, 2.75) is 20.3 Å². The number of nitrogens with zero attached hydrogens (tertiary/aromatic N) is 1. The van der Waals surface area contributed by atoms with Gasteiger partial charge in [0.15, 0.2) is 0 Å². The van der Waals surface area contributed by atoms with E-state index in [1.807, 2.05) is 45.2 Å². The zero-order valence-corrected chi connectivity index (χ0v) is 11.0. The molecule has 1 N–H and O–H groups in total. The highest BCUT2D eigenvalue weighted by atomic mass is 16.1. The summed E-state index contributed by atoms with van der Waals surface area (Å²) in [5.41, 5.74) is 3.87. The Morgan fingerprint density at radius 3 is 2.50 bits per heavy atom. The number of rotatable bonds is 3. The molecule has 3 nitrogen and oxygen atoms in total. The number of aryl methyl sites for hydroxylation is 2. The van der Waals surface area contributed by atoms with Gasteiger partial charge in [-0.2, -0.15) is 0 Å². The van der Waals surface area contributed by atoms with E-state index < -0.39 is 0 Å². The van der Waals surface area contributed by atoms with Crippen molar-refractivity contribution < 1.29 is 0 Å². The minimum absolute atomic E-state index is 0.0141. The van der Waals surface area contributed by atoms with Crippen LogP contribution in [0.15, 0.2) is 41.2 Å². The van der Waals surface area contributed by atoms with Gasteiger partial charge in [-0.15, -0.1) is 0 Å². The first-order valence-corrected chi connectivity index (χ1v) is 6.15. The fraction of sp³-hybridized carbons (Fsp3) is 0.267. The Balaban J connectivity index is 2.48. The van der Waals surface area contributed by atoms with Gasteiger partial charge in [-0.05, 0) is 31.5 Å². The Morgan fingerprint density at radius 2 is 1.89 bits per heavy atom. The fourth-order valence-electron chi connectivity index (χ4n) is 2.06. The molecule has 3 heteroatoms.